The molecule has 0 atom stereocenters. The van der Waals surface area contributed by atoms with Crippen LogP contribution in [0.15, 0.2) is 76.6 Å². The Morgan fingerprint density at radius 2 is 1.69 bits per heavy atom. The first-order valence-electron chi connectivity index (χ1n) is 11.6. The highest BCUT2D eigenvalue weighted by Gasteiger charge is 2.23. The van der Waals surface area contributed by atoms with E-state index in [4.69, 9.17) is 4.74 Å². The number of hydrogen-bond acceptors (Lipinski definition) is 5. The summed E-state index contributed by atoms with van der Waals surface area (Å²) in [6, 6.07) is 19.1. The summed E-state index contributed by atoms with van der Waals surface area (Å²) in [6.45, 7) is 7.24. The monoisotopic (exact) mass is 523 g/mol. The number of aromatic nitrogens is 1. The third kappa shape index (κ3) is 5.13. The Balaban J connectivity index is 1.68. The van der Waals surface area contributed by atoms with Gasteiger partial charge in [-0.2, -0.15) is 4.99 Å². The van der Waals surface area contributed by atoms with Crippen molar-refractivity contribution in [3.8, 4) is 0 Å². The molecular weight excluding hydrogens is 494 g/mol. The number of sulfonamides is 1. The normalized spacial score (nSPS) is 12.3. The van der Waals surface area contributed by atoms with Gasteiger partial charge in [0.15, 0.2) is 4.80 Å². The minimum absolute atomic E-state index is 0.118. The van der Waals surface area contributed by atoms with Gasteiger partial charge >= 0.3 is 0 Å². The summed E-state index contributed by atoms with van der Waals surface area (Å²) in [7, 11) is -2.13. The second-order valence-corrected chi connectivity index (χ2v) is 11.3. The molecule has 1 amide bonds. The average Bonchev–Trinajstić information content (AvgIpc) is 3.19. The first-order chi connectivity index (χ1) is 17.3. The molecule has 0 spiro atoms. The van der Waals surface area contributed by atoms with Crippen LogP contribution >= 0.6 is 11.3 Å². The number of rotatable bonds is 8. The van der Waals surface area contributed by atoms with Gasteiger partial charge in [-0.05, 0) is 80.4 Å². The summed E-state index contributed by atoms with van der Waals surface area (Å²) in [5.74, 6) is -0.430. The minimum atomic E-state index is -3.77. The van der Waals surface area contributed by atoms with Crippen molar-refractivity contribution < 1.29 is 17.9 Å². The third-order valence-corrected chi connectivity index (χ3v) is 8.99. The van der Waals surface area contributed by atoms with E-state index >= 15 is 0 Å². The van der Waals surface area contributed by atoms with Crippen LogP contribution in [0.4, 0.5) is 5.69 Å². The molecule has 36 heavy (non-hydrogen) atoms. The number of fused-ring (bicyclic) bond motifs is 1. The van der Waals surface area contributed by atoms with Crippen LogP contribution in [0.2, 0.25) is 0 Å². The van der Waals surface area contributed by atoms with Gasteiger partial charge in [-0.25, -0.2) is 8.42 Å². The predicted octanol–water partition coefficient (Wildman–Crippen LogP) is 4.92. The molecule has 3 aromatic carbocycles. The van der Waals surface area contributed by atoms with E-state index in [2.05, 4.69) is 31.0 Å². The zero-order valence-corrected chi connectivity index (χ0v) is 22.4. The number of anilines is 1. The van der Waals surface area contributed by atoms with Crippen molar-refractivity contribution in [1.82, 2.24) is 4.57 Å². The molecule has 7 nitrogen and oxygen atoms in total. The van der Waals surface area contributed by atoms with Crippen molar-refractivity contribution in [3.63, 3.8) is 0 Å². The predicted molar refractivity (Wildman–Crippen MR) is 144 cm³/mol. The van der Waals surface area contributed by atoms with Crippen LogP contribution in [0, 0.1) is 13.8 Å². The van der Waals surface area contributed by atoms with Crippen molar-refractivity contribution >= 4 is 43.2 Å². The lowest BCUT2D eigenvalue weighted by Crippen LogP contribution is -2.30. The van der Waals surface area contributed by atoms with Gasteiger partial charge in [0.05, 0.1) is 27.4 Å². The second-order valence-electron chi connectivity index (χ2n) is 8.38. The Kier molecular flexibility index (Phi) is 7.73. The van der Waals surface area contributed by atoms with E-state index in [-0.39, 0.29) is 11.4 Å². The number of ether oxygens (including phenoxy) is 1. The Bertz CT molecular complexity index is 1550. The lowest BCUT2D eigenvalue weighted by atomic mass is 10.1. The largest absolute Gasteiger partial charge is 0.383 e. The van der Waals surface area contributed by atoms with E-state index in [0.717, 1.165) is 15.8 Å². The van der Waals surface area contributed by atoms with Crippen molar-refractivity contribution in [2.45, 2.75) is 32.2 Å². The van der Waals surface area contributed by atoms with Crippen molar-refractivity contribution in [3.05, 3.63) is 88.2 Å². The Morgan fingerprint density at radius 3 is 2.33 bits per heavy atom. The molecule has 4 aromatic rings. The van der Waals surface area contributed by atoms with Crippen LogP contribution in [0.5, 0.6) is 0 Å². The van der Waals surface area contributed by atoms with Crippen LogP contribution < -0.4 is 9.11 Å². The number of methoxy groups -OCH3 is 1. The maximum Gasteiger partial charge on any atom is 0.279 e. The maximum absolute atomic E-state index is 13.2. The molecule has 0 saturated carbocycles. The molecule has 0 unspecified atom stereocenters. The number of carbonyl (C=O) groups excluding carboxylic acids is 1. The molecule has 0 N–H and O–H groups in total. The molecule has 1 heterocycles. The van der Waals surface area contributed by atoms with Crippen molar-refractivity contribution in [2.75, 3.05) is 24.6 Å². The summed E-state index contributed by atoms with van der Waals surface area (Å²) >= 11 is 1.45. The molecular formula is C27H29N3O4S2. The minimum Gasteiger partial charge on any atom is -0.383 e. The molecule has 188 valence electrons. The molecule has 0 bridgehead atoms. The fourth-order valence-electron chi connectivity index (χ4n) is 3.94. The topological polar surface area (TPSA) is 81.0 Å². The fourth-order valence-corrected chi connectivity index (χ4v) is 6.55. The zero-order valence-electron chi connectivity index (χ0n) is 20.8. The van der Waals surface area contributed by atoms with Gasteiger partial charge in [-0.3, -0.25) is 9.10 Å². The van der Waals surface area contributed by atoms with Gasteiger partial charge in [0.1, 0.15) is 0 Å². The summed E-state index contributed by atoms with van der Waals surface area (Å²) in [6.07, 6.45) is 0. The maximum atomic E-state index is 13.2. The molecule has 0 saturated heterocycles. The molecule has 0 aliphatic carbocycles. The number of hydrogen-bond donors (Lipinski definition) is 0. The van der Waals surface area contributed by atoms with E-state index in [1.807, 2.05) is 10.6 Å². The van der Waals surface area contributed by atoms with Gasteiger partial charge in [-0.15, -0.1) is 0 Å². The summed E-state index contributed by atoms with van der Waals surface area (Å²) in [5, 5.41) is 0. The zero-order chi connectivity index (χ0) is 25.9. The van der Waals surface area contributed by atoms with Crippen LogP contribution in [0.25, 0.3) is 10.2 Å². The Hall–Kier alpha value is -3.27. The molecule has 0 aliphatic rings. The smallest absolute Gasteiger partial charge is 0.279 e. The van der Waals surface area contributed by atoms with Crippen LogP contribution in [-0.2, 0) is 21.3 Å². The first-order valence-corrected chi connectivity index (χ1v) is 13.9. The average molecular weight is 524 g/mol. The lowest BCUT2D eigenvalue weighted by Gasteiger charge is -2.22. The van der Waals surface area contributed by atoms with Gasteiger partial charge in [0.25, 0.3) is 15.9 Å². The van der Waals surface area contributed by atoms with Crippen LogP contribution in [0.3, 0.4) is 0 Å². The number of benzene rings is 3. The fraction of sp³-hybridized carbons (Fsp3) is 0.259. The molecule has 0 aliphatic heterocycles. The second kappa shape index (κ2) is 10.8. The number of amides is 1. The van der Waals surface area contributed by atoms with Gasteiger partial charge in [0, 0.05) is 25.8 Å². The highest BCUT2D eigenvalue weighted by Crippen LogP contribution is 2.24. The number of aryl methyl sites for hydroxylation is 2. The van der Waals surface area contributed by atoms with E-state index < -0.39 is 15.9 Å². The van der Waals surface area contributed by atoms with Crippen molar-refractivity contribution in [1.29, 1.82) is 0 Å². The van der Waals surface area contributed by atoms with E-state index in [9.17, 15) is 13.2 Å². The number of nitrogens with zero attached hydrogens (tertiary/aromatic N) is 3. The SMILES string of the molecule is CCN(c1ccccc1)S(=O)(=O)c1ccc(C(=O)N=c2sc3cc(C)c(C)cc3n2CCOC)cc1. The number of carbonyl (C=O) groups is 1. The quantitative estimate of drug-likeness (QED) is 0.328. The standard InChI is InChI=1S/C27H29N3O4S2/c1-5-30(22-9-7-6-8-10-22)36(32,33)23-13-11-21(12-14-23)26(31)28-27-29(15-16-34-4)24-17-19(2)20(3)18-25(24)35-27/h6-14,17-18H,5,15-16H2,1-4H3. The van der Waals surface area contributed by atoms with Gasteiger partial charge < -0.3 is 9.30 Å². The number of thiazole rings is 1. The lowest BCUT2D eigenvalue weighted by molar-refractivity contribution is 0.0997. The Labute approximate surface area is 215 Å². The molecule has 0 fully saturated rings. The molecule has 9 heteroatoms. The molecule has 1 aromatic heterocycles. The van der Waals surface area contributed by atoms with Crippen LogP contribution in [-0.4, -0.2) is 39.2 Å². The highest BCUT2D eigenvalue weighted by atomic mass is 32.2. The van der Waals surface area contributed by atoms with Gasteiger partial charge in [0.2, 0.25) is 0 Å². The van der Waals surface area contributed by atoms with E-state index in [0.29, 0.717) is 29.2 Å². The summed E-state index contributed by atoms with van der Waals surface area (Å²) in [5.41, 5.74) is 4.26. The highest BCUT2D eigenvalue weighted by molar-refractivity contribution is 7.92. The molecule has 0 radical (unpaired) electrons. The van der Waals surface area contributed by atoms with Gasteiger partial charge in [-0.1, -0.05) is 29.5 Å². The van der Waals surface area contributed by atoms with E-state index in [1.165, 1.54) is 45.5 Å². The number of para-hydroxylation sites is 1. The molecule has 4 rings (SSSR count). The Morgan fingerprint density at radius 1 is 1.03 bits per heavy atom. The van der Waals surface area contributed by atoms with Crippen LogP contribution in [0.1, 0.15) is 28.4 Å². The van der Waals surface area contributed by atoms with Crippen molar-refractivity contribution in [2.24, 2.45) is 4.99 Å². The third-order valence-electron chi connectivity index (χ3n) is 6.04. The van der Waals surface area contributed by atoms with E-state index in [1.54, 1.807) is 38.3 Å². The first kappa shape index (κ1) is 25.8. The summed E-state index contributed by atoms with van der Waals surface area (Å²) < 4.78 is 36.1. The summed E-state index contributed by atoms with van der Waals surface area (Å²) in [4.78, 5) is 18.2.